The quantitative estimate of drug-likeness (QED) is 0.801. The van der Waals surface area contributed by atoms with Gasteiger partial charge in [-0.15, -0.1) is 0 Å². The minimum Gasteiger partial charge on any atom is -0.313 e. The van der Waals surface area contributed by atoms with Gasteiger partial charge in [0.1, 0.15) is 0 Å². The lowest BCUT2D eigenvalue weighted by Gasteiger charge is -2.00. The van der Waals surface area contributed by atoms with Crippen LogP contribution in [0.5, 0.6) is 0 Å². The molecule has 1 rings (SSSR count). The van der Waals surface area contributed by atoms with Crippen LogP contribution in [0.2, 0.25) is 0 Å². The molecule has 0 spiro atoms. The summed E-state index contributed by atoms with van der Waals surface area (Å²) in [5.74, 6) is 0. The molecule has 1 aromatic carbocycles. The molecular formula is C13H18BrN. The molecule has 0 aliphatic heterocycles. The Morgan fingerprint density at radius 2 is 2.20 bits per heavy atom. The predicted molar refractivity (Wildman–Crippen MR) is 71.1 cm³/mol. The summed E-state index contributed by atoms with van der Waals surface area (Å²) in [4.78, 5) is 0. The standard InChI is InChI=1S/C13H18BrN/c1-3-8-15-9-4-5-12-7-6-11(2)13(14)10-12/h4-7,10,15H,3,8-9H2,1-2H3/b5-4+. The molecule has 0 atom stereocenters. The van der Waals surface area contributed by atoms with Crippen molar-refractivity contribution in [3.63, 3.8) is 0 Å². The summed E-state index contributed by atoms with van der Waals surface area (Å²) in [5, 5.41) is 3.33. The third kappa shape index (κ3) is 4.63. The largest absolute Gasteiger partial charge is 0.313 e. The van der Waals surface area contributed by atoms with Gasteiger partial charge >= 0.3 is 0 Å². The lowest BCUT2D eigenvalue weighted by Crippen LogP contribution is -2.13. The van der Waals surface area contributed by atoms with Gasteiger partial charge in [0.2, 0.25) is 0 Å². The van der Waals surface area contributed by atoms with Gasteiger partial charge in [0, 0.05) is 11.0 Å². The molecule has 0 saturated heterocycles. The van der Waals surface area contributed by atoms with Crippen molar-refractivity contribution in [1.82, 2.24) is 5.32 Å². The van der Waals surface area contributed by atoms with E-state index in [0.29, 0.717) is 0 Å². The number of hydrogen-bond acceptors (Lipinski definition) is 1. The summed E-state index contributed by atoms with van der Waals surface area (Å²) in [6, 6.07) is 6.41. The van der Waals surface area contributed by atoms with Crippen molar-refractivity contribution >= 4 is 22.0 Å². The van der Waals surface area contributed by atoms with Crippen molar-refractivity contribution in [2.75, 3.05) is 13.1 Å². The Hall–Kier alpha value is -0.600. The van der Waals surface area contributed by atoms with Crippen molar-refractivity contribution < 1.29 is 0 Å². The van der Waals surface area contributed by atoms with Gasteiger partial charge in [-0.05, 0) is 37.1 Å². The number of nitrogens with one attached hydrogen (secondary N) is 1. The molecule has 0 saturated carbocycles. The lowest BCUT2D eigenvalue weighted by atomic mass is 10.1. The van der Waals surface area contributed by atoms with E-state index in [4.69, 9.17) is 0 Å². The van der Waals surface area contributed by atoms with Crippen LogP contribution >= 0.6 is 15.9 Å². The van der Waals surface area contributed by atoms with Crippen LogP contribution in [0.15, 0.2) is 28.7 Å². The Morgan fingerprint density at radius 3 is 2.87 bits per heavy atom. The zero-order valence-corrected chi connectivity index (χ0v) is 11.0. The fraction of sp³-hybridized carbons (Fsp3) is 0.385. The molecule has 0 aromatic heterocycles. The van der Waals surface area contributed by atoms with Crippen LogP contribution in [0.3, 0.4) is 0 Å². The number of aryl methyl sites for hydroxylation is 1. The maximum Gasteiger partial charge on any atom is 0.0210 e. The second-order valence-corrected chi connectivity index (χ2v) is 4.47. The van der Waals surface area contributed by atoms with Crippen molar-refractivity contribution in [3.8, 4) is 0 Å². The zero-order chi connectivity index (χ0) is 11.1. The van der Waals surface area contributed by atoms with E-state index in [2.05, 4.69) is 65.4 Å². The Bertz CT molecular complexity index is 331. The van der Waals surface area contributed by atoms with E-state index in [1.165, 1.54) is 22.0 Å². The Labute approximate surface area is 101 Å². The van der Waals surface area contributed by atoms with Gasteiger partial charge in [-0.3, -0.25) is 0 Å². The molecule has 2 heteroatoms. The number of rotatable bonds is 5. The highest BCUT2D eigenvalue weighted by Crippen LogP contribution is 2.18. The summed E-state index contributed by atoms with van der Waals surface area (Å²) in [6.07, 6.45) is 5.49. The van der Waals surface area contributed by atoms with Gasteiger partial charge in [0.05, 0.1) is 0 Å². The fourth-order valence-corrected chi connectivity index (χ4v) is 1.67. The van der Waals surface area contributed by atoms with Gasteiger partial charge in [-0.25, -0.2) is 0 Å². The first-order valence-corrected chi connectivity index (χ1v) is 6.16. The van der Waals surface area contributed by atoms with E-state index < -0.39 is 0 Å². The highest BCUT2D eigenvalue weighted by atomic mass is 79.9. The van der Waals surface area contributed by atoms with Crippen LogP contribution in [0.4, 0.5) is 0 Å². The van der Waals surface area contributed by atoms with Crippen LogP contribution < -0.4 is 5.32 Å². The van der Waals surface area contributed by atoms with Gasteiger partial charge in [0.15, 0.2) is 0 Å². The highest BCUT2D eigenvalue weighted by molar-refractivity contribution is 9.10. The van der Waals surface area contributed by atoms with Gasteiger partial charge in [0.25, 0.3) is 0 Å². The molecule has 1 aromatic rings. The van der Waals surface area contributed by atoms with Crippen molar-refractivity contribution in [1.29, 1.82) is 0 Å². The molecule has 0 heterocycles. The maximum atomic E-state index is 3.53. The molecule has 0 aliphatic rings. The zero-order valence-electron chi connectivity index (χ0n) is 9.39. The van der Waals surface area contributed by atoms with E-state index in [0.717, 1.165) is 13.1 Å². The van der Waals surface area contributed by atoms with Crippen LogP contribution in [0, 0.1) is 6.92 Å². The first kappa shape index (κ1) is 12.5. The molecular weight excluding hydrogens is 250 g/mol. The second-order valence-electron chi connectivity index (χ2n) is 3.62. The topological polar surface area (TPSA) is 12.0 Å². The van der Waals surface area contributed by atoms with E-state index >= 15 is 0 Å². The van der Waals surface area contributed by atoms with Crippen LogP contribution in [0.1, 0.15) is 24.5 Å². The first-order chi connectivity index (χ1) is 7.24. The van der Waals surface area contributed by atoms with E-state index in [1.54, 1.807) is 0 Å². The van der Waals surface area contributed by atoms with E-state index in [9.17, 15) is 0 Å². The second kappa shape index (κ2) is 6.81. The van der Waals surface area contributed by atoms with Gasteiger partial charge < -0.3 is 5.32 Å². The average Bonchev–Trinajstić information content (AvgIpc) is 2.23. The van der Waals surface area contributed by atoms with E-state index in [1.807, 2.05) is 0 Å². The molecule has 15 heavy (non-hydrogen) atoms. The summed E-state index contributed by atoms with van der Waals surface area (Å²) in [5.41, 5.74) is 2.52. The third-order valence-electron chi connectivity index (χ3n) is 2.20. The molecule has 0 amide bonds. The Morgan fingerprint density at radius 1 is 1.40 bits per heavy atom. The molecule has 0 fully saturated rings. The molecule has 0 radical (unpaired) electrons. The lowest BCUT2D eigenvalue weighted by molar-refractivity contribution is 0.730. The molecule has 82 valence electrons. The fourth-order valence-electron chi connectivity index (χ4n) is 1.27. The van der Waals surface area contributed by atoms with Crippen LogP contribution in [-0.4, -0.2) is 13.1 Å². The summed E-state index contributed by atoms with van der Waals surface area (Å²) < 4.78 is 1.17. The summed E-state index contributed by atoms with van der Waals surface area (Å²) in [6.45, 7) is 6.30. The third-order valence-corrected chi connectivity index (χ3v) is 3.05. The van der Waals surface area contributed by atoms with Gasteiger partial charge in [-0.2, -0.15) is 0 Å². The van der Waals surface area contributed by atoms with Crippen LogP contribution in [0.25, 0.3) is 6.08 Å². The smallest absolute Gasteiger partial charge is 0.0210 e. The summed E-state index contributed by atoms with van der Waals surface area (Å²) >= 11 is 3.53. The average molecular weight is 268 g/mol. The van der Waals surface area contributed by atoms with Crippen molar-refractivity contribution in [2.45, 2.75) is 20.3 Å². The minimum atomic E-state index is 0.944. The molecule has 0 aliphatic carbocycles. The Balaban J connectivity index is 2.46. The van der Waals surface area contributed by atoms with Crippen molar-refractivity contribution in [2.24, 2.45) is 0 Å². The predicted octanol–water partition coefficient (Wildman–Crippen LogP) is 3.77. The van der Waals surface area contributed by atoms with E-state index in [-0.39, 0.29) is 0 Å². The first-order valence-electron chi connectivity index (χ1n) is 5.37. The molecule has 0 bridgehead atoms. The SMILES string of the molecule is CCCNC/C=C/c1ccc(C)c(Br)c1. The minimum absolute atomic E-state index is 0.944. The normalized spacial score (nSPS) is 11.1. The monoisotopic (exact) mass is 267 g/mol. The molecule has 1 nitrogen and oxygen atoms in total. The number of halogens is 1. The Kier molecular flexibility index (Phi) is 5.66. The van der Waals surface area contributed by atoms with Crippen molar-refractivity contribution in [3.05, 3.63) is 39.9 Å². The highest BCUT2D eigenvalue weighted by Gasteiger charge is 1.93. The molecule has 0 unspecified atom stereocenters. The summed E-state index contributed by atoms with van der Waals surface area (Å²) in [7, 11) is 0. The van der Waals surface area contributed by atoms with Crippen LogP contribution in [-0.2, 0) is 0 Å². The number of benzene rings is 1. The maximum absolute atomic E-state index is 3.53. The number of hydrogen-bond donors (Lipinski definition) is 1. The molecule has 1 N–H and O–H groups in total. The van der Waals surface area contributed by atoms with Gasteiger partial charge in [-0.1, -0.05) is 47.1 Å².